The fourth-order valence-electron chi connectivity index (χ4n) is 2.23. The molecule has 0 fully saturated rings. The molecule has 2 aromatic rings. The van der Waals surface area contributed by atoms with Crippen LogP contribution in [0.4, 0.5) is 0 Å². The highest BCUT2D eigenvalue weighted by atomic mass is 35.5. The van der Waals surface area contributed by atoms with E-state index in [2.05, 4.69) is 16.5 Å². The molecule has 1 aromatic heterocycles. The maximum absolute atomic E-state index is 10.8. The Bertz CT molecular complexity index is 578. The zero-order valence-electron chi connectivity index (χ0n) is 11.7. The lowest BCUT2D eigenvalue weighted by Gasteiger charge is -2.12. The van der Waals surface area contributed by atoms with Crippen molar-refractivity contribution in [1.82, 2.24) is 9.55 Å². The molecular weight excluding hydrogens is 272 g/mol. The molecule has 0 radical (unpaired) electrons. The van der Waals surface area contributed by atoms with Crippen LogP contribution < -0.4 is 0 Å². The fraction of sp³-hybridized carbons (Fsp3) is 0.375. The van der Waals surface area contributed by atoms with Crippen LogP contribution in [0.25, 0.3) is 0 Å². The second-order valence-corrected chi connectivity index (χ2v) is 5.22. The Kier molecular flexibility index (Phi) is 5.36. The van der Waals surface area contributed by atoms with Gasteiger partial charge in [-0.1, -0.05) is 43.1 Å². The van der Waals surface area contributed by atoms with E-state index in [1.165, 1.54) is 0 Å². The summed E-state index contributed by atoms with van der Waals surface area (Å²) in [6, 6.07) is 7.79. The summed E-state index contributed by atoms with van der Waals surface area (Å²) < 4.78 is 2.12. The van der Waals surface area contributed by atoms with Crippen molar-refractivity contribution >= 4 is 17.9 Å². The Balaban J connectivity index is 2.29. The quantitative estimate of drug-likeness (QED) is 0.729. The van der Waals surface area contributed by atoms with Crippen molar-refractivity contribution in [3.63, 3.8) is 0 Å². The normalized spacial score (nSPS) is 10.7. The third kappa shape index (κ3) is 3.48. The number of hydrogen-bond acceptors (Lipinski definition) is 2. The number of unbranched alkanes of at least 4 members (excludes halogenated alkanes) is 1. The Hall–Kier alpha value is -1.61. The minimum absolute atomic E-state index is 0.392. The summed E-state index contributed by atoms with van der Waals surface area (Å²) in [4.78, 5) is 15.3. The van der Waals surface area contributed by atoms with Gasteiger partial charge in [-0.25, -0.2) is 4.98 Å². The summed E-state index contributed by atoms with van der Waals surface area (Å²) in [5.74, 6) is 1.03. The number of imidazole rings is 1. The summed E-state index contributed by atoms with van der Waals surface area (Å²) in [6.07, 6.45) is 6.27. The Morgan fingerprint density at radius 1 is 1.35 bits per heavy atom. The highest BCUT2D eigenvalue weighted by Gasteiger charge is 2.11. The van der Waals surface area contributed by atoms with Crippen molar-refractivity contribution < 1.29 is 4.79 Å². The first-order valence-corrected chi connectivity index (χ1v) is 7.34. The number of rotatable bonds is 7. The molecule has 4 heteroatoms. The number of aromatic nitrogens is 2. The summed E-state index contributed by atoms with van der Waals surface area (Å²) in [7, 11) is 0. The first kappa shape index (κ1) is 14.8. The first-order chi connectivity index (χ1) is 9.76. The van der Waals surface area contributed by atoms with Crippen LogP contribution in [0.2, 0.25) is 5.02 Å². The second-order valence-electron chi connectivity index (χ2n) is 4.82. The van der Waals surface area contributed by atoms with Gasteiger partial charge in [0.2, 0.25) is 0 Å². The van der Waals surface area contributed by atoms with Crippen LogP contribution in [-0.4, -0.2) is 15.8 Å². The lowest BCUT2D eigenvalue weighted by molar-refractivity contribution is -0.107. The SMILES string of the molecule is CCCCc1ncc(CC=O)n1Cc1ccccc1Cl. The summed E-state index contributed by atoms with van der Waals surface area (Å²) in [6.45, 7) is 2.83. The van der Waals surface area contributed by atoms with E-state index in [0.29, 0.717) is 13.0 Å². The molecule has 0 unspecified atom stereocenters. The van der Waals surface area contributed by atoms with E-state index in [1.54, 1.807) is 6.20 Å². The zero-order chi connectivity index (χ0) is 14.4. The molecule has 0 saturated carbocycles. The molecule has 0 aliphatic rings. The lowest BCUT2D eigenvalue weighted by atomic mass is 10.2. The lowest BCUT2D eigenvalue weighted by Crippen LogP contribution is -2.09. The fourth-order valence-corrected chi connectivity index (χ4v) is 2.42. The average molecular weight is 291 g/mol. The maximum Gasteiger partial charge on any atom is 0.125 e. The van der Waals surface area contributed by atoms with Gasteiger partial charge in [0.15, 0.2) is 0 Å². The molecule has 3 nitrogen and oxygen atoms in total. The second kappa shape index (κ2) is 7.25. The number of nitrogens with zero attached hydrogens (tertiary/aromatic N) is 2. The third-order valence-electron chi connectivity index (χ3n) is 3.35. The van der Waals surface area contributed by atoms with Gasteiger partial charge in [0.25, 0.3) is 0 Å². The molecule has 0 spiro atoms. The molecular formula is C16H19ClN2O. The van der Waals surface area contributed by atoms with Crippen molar-refractivity contribution in [3.8, 4) is 0 Å². The number of aryl methyl sites for hydroxylation is 1. The van der Waals surface area contributed by atoms with Crippen LogP contribution in [0, 0.1) is 0 Å². The van der Waals surface area contributed by atoms with Gasteiger partial charge in [-0.05, 0) is 18.1 Å². The Morgan fingerprint density at radius 3 is 2.85 bits per heavy atom. The Labute approximate surface area is 124 Å². The van der Waals surface area contributed by atoms with Gasteiger partial charge in [0.1, 0.15) is 12.1 Å². The van der Waals surface area contributed by atoms with E-state index in [4.69, 9.17) is 11.6 Å². The Morgan fingerprint density at radius 2 is 2.15 bits per heavy atom. The van der Waals surface area contributed by atoms with Gasteiger partial charge < -0.3 is 9.36 Å². The van der Waals surface area contributed by atoms with E-state index in [0.717, 1.165) is 47.7 Å². The van der Waals surface area contributed by atoms with Crippen molar-refractivity contribution in [2.45, 2.75) is 39.2 Å². The van der Waals surface area contributed by atoms with E-state index in [9.17, 15) is 4.79 Å². The molecule has 0 atom stereocenters. The molecule has 0 bridgehead atoms. The molecule has 20 heavy (non-hydrogen) atoms. The topological polar surface area (TPSA) is 34.9 Å². The van der Waals surface area contributed by atoms with Gasteiger partial charge >= 0.3 is 0 Å². The monoisotopic (exact) mass is 290 g/mol. The first-order valence-electron chi connectivity index (χ1n) is 6.96. The summed E-state index contributed by atoms with van der Waals surface area (Å²) >= 11 is 6.22. The minimum atomic E-state index is 0.392. The zero-order valence-corrected chi connectivity index (χ0v) is 12.4. The van der Waals surface area contributed by atoms with Crippen molar-refractivity contribution in [1.29, 1.82) is 0 Å². The largest absolute Gasteiger partial charge is 0.327 e. The molecule has 0 aliphatic heterocycles. The third-order valence-corrected chi connectivity index (χ3v) is 3.72. The predicted molar refractivity (Wildman–Crippen MR) is 81.2 cm³/mol. The molecule has 0 saturated heterocycles. The maximum atomic E-state index is 10.8. The number of benzene rings is 1. The van der Waals surface area contributed by atoms with Crippen LogP contribution in [-0.2, 0) is 24.2 Å². The minimum Gasteiger partial charge on any atom is -0.327 e. The standard InChI is InChI=1S/C16H19ClN2O/c1-2-3-8-16-18-11-14(9-10-20)19(16)12-13-6-4-5-7-15(13)17/h4-7,10-11H,2-3,8-9,12H2,1H3. The average Bonchev–Trinajstić information content (AvgIpc) is 2.82. The number of carbonyl (C=O) groups is 1. The highest BCUT2D eigenvalue weighted by molar-refractivity contribution is 6.31. The van der Waals surface area contributed by atoms with Crippen molar-refractivity contribution in [2.75, 3.05) is 0 Å². The van der Waals surface area contributed by atoms with E-state index >= 15 is 0 Å². The summed E-state index contributed by atoms with van der Waals surface area (Å²) in [5, 5.41) is 0.750. The van der Waals surface area contributed by atoms with Crippen LogP contribution >= 0.6 is 11.6 Å². The van der Waals surface area contributed by atoms with Gasteiger partial charge in [0.05, 0.1) is 6.54 Å². The molecule has 0 aliphatic carbocycles. The van der Waals surface area contributed by atoms with E-state index in [-0.39, 0.29) is 0 Å². The van der Waals surface area contributed by atoms with Crippen molar-refractivity contribution in [2.24, 2.45) is 0 Å². The number of aldehydes is 1. The molecule has 1 heterocycles. The molecule has 0 amide bonds. The van der Waals surface area contributed by atoms with Crippen LogP contribution in [0.15, 0.2) is 30.5 Å². The van der Waals surface area contributed by atoms with Crippen LogP contribution in [0.5, 0.6) is 0 Å². The number of carbonyl (C=O) groups excluding carboxylic acids is 1. The predicted octanol–water partition coefficient (Wildman–Crippen LogP) is 3.67. The van der Waals surface area contributed by atoms with Gasteiger partial charge in [-0.3, -0.25) is 0 Å². The molecule has 0 N–H and O–H groups in total. The molecule has 2 rings (SSSR count). The van der Waals surface area contributed by atoms with Gasteiger partial charge in [-0.15, -0.1) is 0 Å². The van der Waals surface area contributed by atoms with Gasteiger partial charge in [0, 0.05) is 29.8 Å². The smallest absolute Gasteiger partial charge is 0.125 e. The van der Waals surface area contributed by atoms with Crippen LogP contribution in [0.3, 0.4) is 0 Å². The summed E-state index contributed by atoms with van der Waals surface area (Å²) in [5.41, 5.74) is 2.00. The number of halogens is 1. The number of hydrogen-bond donors (Lipinski definition) is 0. The highest BCUT2D eigenvalue weighted by Crippen LogP contribution is 2.19. The molecule has 1 aromatic carbocycles. The van der Waals surface area contributed by atoms with E-state index in [1.807, 2.05) is 24.3 Å². The van der Waals surface area contributed by atoms with E-state index < -0.39 is 0 Å². The van der Waals surface area contributed by atoms with Crippen molar-refractivity contribution in [3.05, 3.63) is 52.6 Å². The van der Waals surface area contributed by atoms with Crippen LogP contribution in [0.1, 0.15) is 36.8 Å². The van der Waals surface area contributed by atoms with Gasteiger partial charge in [-0.2, -0.15) is 0 Å². The molecule has 106 valence electrons.